The molecule has 2 aliphatic rings. The van der Waals surface area contributed by atoms with Gasteiger partial charge < -0.3 is 4.90 Å². The molecule has 0 unspecified atom stereocenters. The van der Waals surface area contributed by atoms with Crippen molar-refractivity contribution in [3.63, 3.8) is 0 Å². The Morgan fingerprint density at radius 1 is 1.22 bits per heavy atom. The topological polar surface area (TPSA) is 23.6 Å². The fraction of sp³-hybridized carbons (Fsp3) is 0.917. The number of halogens is 3. The summed E-state index contributed by atoms with van der Waals surface area (Å²) in [4.78, 5) is 15.5. The summed E-state index contributed by atoms with van der Waals surface area (Å²) >= 11 is 0. The summed E-state index contributed by atoms with van der Waals surface area (Å²) in [6.07, 6.45) is -3.88. The molecule has 2 atom stereocenters. The minimum Gasteiger partial charge on any atom is -0.340 e. The first kappa shape index (κ1) is 13.6. The van der Waals surface area contributed by atoms with E-state index in [0.29, 0.717) is 32.1 Å². The van der Waals surface area contributed by atoms with Crippen LogP contribution in [0.5, 0.6) is 0 Å². The van der Waals surface area contributed by atoms with E-state index in [4.69, 9.17) is 0 Å². The Kier molecular flexibility index (Phi) is 3.84. The van der Waals surface area contributed by atoms with Gasteiger partial charge in [-0.2, -0.15) is 13.2 Å². The third kappa shape index (κ3) is 3.60. The van der Waals surface area contributed by atoms with Crippen molar-refractivity contribution in [1.82, 2.24) is 9.80 Å². The van der Waals surface area contributed by atoms with Gasteiger partial charge in [0.1, 0.15) is 0 Å². The third-order valence-corrected chi connectivity index (χ3v) is 3.82. The summed E-state index contributed by atoms with van der Waals surface area (Å²) in [5, 5.41) is 0. The van der Waals surface area contributed by atoms with Crippen LogP contribution in [-0.2, 0) is 4.79 Å². The Morgan fingerprint density at radius 3 is 2.22 bits per heavy atom. The van der Waals surface area contributed by atoms with Crippen molar-refractivity contribution < 1.29 is 18.0 Å². The largest absolute Gasteiger partial charge is 0.390 e. The van der Waals surface area contributed by atoms with Gasteiger partial charge in [0, 0.05) is 38.6 Å². The average molecular weight is 264 g/mol. The van der Waals surface area contributed by atoms with Crippen LogP contribution in [0.1, 0.15) is 19.8 Å². The SMILES string of the molecule is C[C@@H]1C[C@H]1C(=O)N1CCN(CCC(F)(F)F)CC1. The molecule has 0 aromatic rings. The van der Waals surface area contributed by atoms with Gasteiger partial charge >= 0.3 is 6.18 Å². The fourth-order valence-corrected chi connectivity index (χ4v) is 2.38. The van der Waals surface area contributed by atoms with Crippen LogP contribution in [0.4, 0.5) is 13.2 Å². The molecule has 1 heterocycles. The van der Waals surface area contributed by atoms with Crippen LogP contribution in [0.25, 0.3) is 0 Å². The summed E-state index contributed by atoms with van der Waals surface area (Å²) in [7, 11) is 0. The van der Waals surface area contributed by atoms with Crippen LogP contribution < -0.4 is 0 Å². The maximum absolute atomic E-state index is 12.1. The normalized spacial score (nSPS) is 29.4. The second-order valence-electron chi connectivity index (χ2n) is 5.35. The van der Waals surface area contributed by atoms with Gasteiger partial charge in [0.05, 0.1) is 6.42 Å². The highest BCUT2D eigenvalue weighted by atomic mass is 19.4. The van der Waals surface area contributed by atoms with Gasteiger partial charge in [-0.05, 0) is 12.3 Å². The van der Waals surface area contributed by atoms with E-state index >= 15 is 0 Å². The van der Waals surface area contributed by atoms with E-state index in [2.05, 4.69) is 6.92 Å². The van der Waals surface area contributed by atoms with Gasteiger partial charge in [-0.25, -0.2) is 0 Å². The van der Waals surface area contributed by atoms with Gasteiger partial charge in [-0.15, -0.1) is 0 Å². The molecule has 2 rings (SSSR count). The Bertz CT molecular complexity index is 311. The second-order valence-corrected chi connectivity index (χ2v) is 5.35. The number of alkyl halides is 3. The highest BCUT2D eigenvalue weighted by Gasteiger charge is 2.42. The number of nitrogens with zero attached hydrogens (tertiary/aromatic N) is 2. The van der Waals surface area contributed by atoms with Crippen LogP contribution in [0.15, 0.2) is 0 Å². The van der Waals surface area contributed by atoms with E-state index in [1.165, 1.54) is 0 Å². The maximum Gasteiger partial charge on any atom is 0.390 e. The van der Waals surface area contributed by atoms with Crippen molar-refractivity contribution in [2.75, 3.05) is 32.7 Å². The van der Waals surface area contributed by atoms with Gasteiger partial charge in [-0.1, -0.05) is 6.92 Å². The van der Waals surface area contributed by atoms with Gasteiger partial charge in [-0.3, -0.25) is 9.69 Å². The molecule has 18 heavy (non-hydrogen) atoms. The molecule has 1 aliphatic carbocycles. The van der Waals surface area contributed by atoms with Crippen LogP contribution in [0, 0.1) is 11.8 Å². The summed E-state index contributed by atoms with van der Waals surface area (Å²) in [5.41, 5.74) is 0. The van der Waals surface area contributed by atoms with Crippen molar-refractivity contribution in [2.45, 2.75) is 25.9 Å². The molecule has 0 radical (unpaired) electrons. The molecule has 1 saturated carbocycles. The first-order valence-corrected chi connectivity index (χ1v) is 6.45. The highest BCUT2D eigenvalue weighted by molar-refractivity contribution is 5.81. The average Bonchev–Trinajstić information content (AvgIpc) is 3.03. The quantitative estimate of drug-likeness (QED) is 0.775. The number of rotatable bonds is 3. The summed E-state index contributed by atoms with van der Waals surface area (Å²) < 4.78 is 36.2. The molecule has 0 N–H and O–H groups in total. The van der Waals surface area contributed by atoms with Crippen LogP contribution in [0.2, 0.25) is 0 Å². The number of hydrogen-bond acceptors (Lipinski definition) is 2. The van der Waals surface area contributed by atoms with Crippen molar-refractivity contribution >= 4 is 5.91 Å². The lowest BCUT2D eigenvalue weighted by Gasteiger charge is -2.35. The van der Waals surface area contributed by atoms with Crippen molar-refractivity contribution in [3.8, 4) is 0 Å². The van der Waals surface area contributed by atoms with Crippen molar-refractivity contribution in [3.05, 3.63) is 0 Å². The zero-order valence-electron chi connectivity index (χ0n) is 10.5. The van der Waals surface area contributed by atoms with Crippen molar-refractivity contribution in [1.29, 1.82) is 0 Å². The maximum atomic E-state index is 12.1. The smallest absolute Gasteiger partial charge is 0.340 e. The molecule has 104 valence electrons. The van der Waals surface area contributed by atoms with Gasteiger partial charge in [0.2, 0.25) is 5.91 Å². The minimum absolute atomic E-state index is 0.0470. The first-order valence-electron chi connectivity index (χ1n) is 6.45. The zero-order chi connectivity index (χ0) is 13.3. The summed E-state index contributed by atoms with van der Waals surface area (Å²) in [6.45, 7) is 4.36. The molecule has 3 nitrogen and oxygen atoms in total. The number of piperazine rings is 1. The minimum atomic E-state index is -4.09. The van der Waals surface area contributed by atoms with Crippen LogP contribution in [-0.4, -0.2) is 54.6 Å². The second kappa shape index (κ2) is 5.07. The van der Waals surface area contributed by atoms with E-state index in [9.17, 15) is 18.0 Å². The van der Waals surface area contributed by atoms with E-state index in [1.54, 1.807) is 9.80 Å². The first-order chi connectivity index (χ1) is 8.37. The van der Waals surface area contributed by atoms with E-state index in [-0.39, 0.29) is 18.4 Å². The van der Waals surface area contributed by atoms with Crippen LogP contribution >= 0.6 is 0 Å². The third-order valence-electron chi connectivity index (χ3n) is 3.82. The van der Waals surface area contributed by atoms with E-state index in [0.717, 1.165) is 6.42 Å². The van der Waals surface area contributed by atoms with Crippen LogP contribution in [0.3, 0.4) is 0 Å². The zero-order valence-corrected chi connectivity index (χ0v) is 10.5. The Balaban J connectivity index is 1.70. The van der Waals surface area contributed by atoms with Gasteiger partial charge in [0.15, 0.2) is 0 Å². The number of amides is 1. The van der Waals surface area contributed by atoms with Crippen molar-refractivity contribution in [2.24, 2.45) is 11.8 Å². The lowest BCUT2D eigenvalue weighted by Crippen LogP contribution is -2.49. The molecule has 0 aromatic carbocycles. The monoisotopic (exact) mass is 264 g/mol. The molecule has 1 saturated heterocycles. The molecule has 6 heteroatoms. The standard InChI is InChI=1S/C12H19F3N2O/c1-9-8-10(9)11(18)17-6-4-16(5-7-17)3-2-12(13,14)15/h9-10H,2-8H2,1H3/t9-,10-/m1/s1. The Morgan fingerprint density at radius 2 is 1.78 bits per heavy atom. The predicted molar refractivity (Wildman–Crippen MR) is 61.0 cm³/mol. The number of carbonyl (C=O) groups excluding carboxylic acids is 1. The molecule has 0 spiro atoms. The van der Waals surface area contributed by atoms with E-state index in [1.807, 2.05) is 0 Å². The summed E-state index contributed by atoms with van der Waals surface area (Å²) in [6, 6.07) is 0. The predicted octanol–water partition coefficient (Wildman–Crippen LogP) is 1.74. The Hall–Kier alpha value is -0.780. The molecule has 2 fully saturated rings. The number of hydrogen-bond donors (Lipinski definition) is 0. The molecule has 1 amide bonds. The molecular weight excluding hydrogens is 245 g/mol. The molecule has 0 aromatic heterocycles. The molecule has 1 aliphatic heterocycles. The molecule has 0 bridgehead atoms. The lowest BCUT2D eigenvalue weighted by molar-refractivity contribution is -0.142. The Labute approximate surface area is 105 Å². The highest BCUT2D eigenvalue weighted by Crippen LogP contribution is 2.39. The summed E-state index contributed by atoms with van der Waals surface area (Å²) in [5.74, 6) is 0.852. The lowest BCUT2D eigenvalue weighted by atomic mass is 10.2. The fourth-order valence-electron chi connectivity index (χ4n) is 2.38. The van der Waals surface area contributed by atoms with E-state index < -0.39 is 12.6 Å². The van der Waals surface area contributed by atoms with Gasteiger partial charge in [0.25, 0.3) is 0 Å². The molecular formula is C12H19F3N2O. The number of carbonyl (C=O) groups is 1.